The second-order valence-electron chi connectivity index (χ2n) is 7.27. The Morgan fingerprint density at radius 1 is 1.27 bits per heavy atom. The van der Waals surface area contributed by atoms with Crippen LogP contribution in [0.5, 0.6) is 0 Å². The second-order valence-corrected chi connectivity index (χ2v) is 7.27. The minimum Gasteiger partial charge on any atom is -0.442 e. The maximum absolute atomic E-state index is 12.2. The molecule has 7 nitrogen and oxygen atoms in total. The molecule has 1 saturated carbocycles. The number of carbonyl (C=O) groups excluding carboxylic acids is 1. The molecule has 2 aromatic rings. The lowest BCUT2D eigenvalue weighted by Crippen LogP contribution is -2.26. The Morgan fingerprint density at radius 2 is 2.12 bits per heavy atom. The number of aliphatic hydroxyl groups excluding tert-OH is 1. The molecule has 0 spiro atoms. The number of ether oxygens (including phenoxy) is 1. The maximum atomic E-state index is 12.2. The third kappa shape index (κ3) is 2.59. The lowest BCUT2D eigenvalue weighted by atomic mass is 10.0. The lowest BCUT2D eigenvalue weighted by Gasteiger charge is -2.14. The highest BCUT2D eigenvalue weighted by atomic mass is 16.6. The molecule has 0 bridgehead atoms. The fourth-order valence-electron chi connectivity index (χ4n) is 4.26. The fraction of sp³-hybridized carbons (Fsp3) is 0.421. The number of allylic oxidation sites excluding steroid dienone is 2. The SMILES string of the molecule is O=C1O[C@@H](Cn2ccnn2)CN1c1ccc(C2=CC3C(CO)C3C2)cc1. The van der Waals surface area contributed by atoms with Crippen LogP contribution in [0.25, 0.3) is 5.57 Å². The van der Waals surface area contributed by atoms with E-state index in [0.29, 0.717) is 37.5 Å². The van der Waals surface area contributed by atoms with Gasteiger partial charge in [-0.15, -0.1) is 5.10 Å². The van der Waals surface area contributed by atoms with Gasteiger partial charge in [0.1, 0.15) is 6.10 Å². The van der Waals surface area contributed by atoms with Crippen LogP contribution in [0.3, 0.4) is 0 Å². The summed E-state index contributed by atoms with van der Waals surface area (Å²) >= 11 is 0. The van der Waals surface area contributed by atoms with Gasteiger partial charge in [-0.05, 0) is 47.4 Å². The average Bonchev–Trinajstić information content (AvgIpc) is 3.11. The first kappa shape index (κ1) is 15.6. The van der Waals surface area contributed by atoms with E-state index in [-0.39, 0.29) is 12.2 Å². The number of fused-ring (bicyclic) bond motifs is 1. The van der Waals surface area contributed by atoms with Crippen LogP contribution >= 0.6 is 0 Å². The summed E-state index contributed by atoms with van der Waals surface area (Å²) in [6.07, 6.45) is 6.16. The summed E-state index contributed by atoms with van der Waals surface area (Å²) in [6, 6.07) is 8.08. The van der Waals surface area contributed by atoms with Crippen LogP contribution in [-0.4, -0.2) is 45.4 Å². The van der Waals surface area contributed by atoms with Crippen molar-refractivity contribution in [2.24, 2.45) is 17.8 Å². The highest BCUT2D eigenvalue weighted by Gasteiger charge is 2.51. The first-order valence-electron chi connectivity index (χ1n) is 8.97. The summed E-state index contributed by atoms with van der Waals surface area (Å²) in [5, 5.41) is 16.9. The van der Waals surface area contributed by atoms with Crippen molar-refractivity contribution < 1.29 is 14.6 Å². The summed E-state index contributed by atoms with van der Waals surface area (Å²) in [7, 11) is 0. The normalized spacial score (nSPS) is 29.5. The van der Waals surface area contributed by atoms with Gasteiger partial charge < -0.3 is 9.84 Å². The summed E-state index contributed by atoms with van der Waals surface area (Å²) in [4.78, 5) is 13.9. The van der Waals surface area contributed by atoms with E-state index in [2.05, 4.69) is 28.5 Å². The predicted molar refractivity (Wildman–Crippen MR) is 94.2 cm³/mol. The Hall–Kier alpha value is -2.67. The molecule has 2 aliphatic carbocycles. The molecule has 26 heavy (non-hydrogen) atoms. The number of amides is 1. The van der Waals surface area contributed by atoms with Gasteiger partial charge >= 0.3 is 6.09 Å². The van der Waals surface area contributed by atoms with Gasteiger partial charge in [-0.2, -0.15) is 0 Å². The zero-order chi connectivity index (χ0) is 17.7. The summed E-state index contributed by atoms with van der Waals surface area (Å²) in [5.41, 5.74) is 3.39. The van der Waals surface area contributed by atoms with E-state index in [1.165, 1.54) is 11.1 Å². The van der Waals surface area contributed by atoms with Gasteiger partial charge in [-0.1, -0.05) is 23.4 Å². The van der Waals surface area contributed by atoms with Gasteiger partial charge in [0, 0.05) is 18.5 Å². The molecule has 134 valence electrons. The van der Waals surface area contributed by atoms with Crippen molar-refractivity contribution in [3.8, 4) is 0 Å². The van der Waals surface area contributed by atoms with Crippen LogP contribution in [0.15, 0.2) is 42.7 Å². The van der Waals surface area contributed by atoms with Gasteiger partial charge in [-0.25, -0.2) is 9.48 Å². The van der Waals surface area contributed by atoms with Crippen LogP contribution in [-0.2, 0) is 11.3 Å². The van der Waals surface area contributed by atoms with E-state index in [0.717, 1.165) is 12.1 Å². The van der Waals surface area contributed by atoms with Crippen molar-refractivity contribution in [3.05, 3.63) is 48.3 Å². The summed E-state index contributed by atoms with van der Waals surface area (Å²) in [5.74, 6) is 1.65. The molecule has 0 radical (unpaired) electrons. The number of cyclic esters (lactones) is 1. The molecular weight excluding hydrogens is 332 g/mol. The van der Waals surface area contributed by atoms with E-state index < -0.39 is 0 Å². The number of rotatable bonds is 5. The molecule has 7 heteroatoms. The van der Waals surface area contributed by atoms with Crippen molar-refractivity contribution in [1.82, 2.24) is 15.0 Å². The Bertz CT molecular complexity index is 846. The average molecular weight is 352 g/mol. The van der Waals surface area contributed by atoms with Crippen LogP contribution in [0.2, 0.25) is 0 Å². The number of carbonyl (C=O) groups is 1. The molecule has 4 atom stereocenters. The van der Waals surface area contributed by atoms with Gasteiger partial charge in [0.05, 0.1) is 19.3 Å². The molecule has 2 fully saturated rings. The maximum Gasteiger partial charge on any atom is 0.414 e. The smallest absolute Gasteiger partial charge is 0.414 e. The first-order chi connectivity index (χ1) is 12.7. The number of aromatic nitrogens is 3. The molecule has 1 aliphatic heterocycles. The topological polar surface area (TPSA) is 80.5 Å². The van der Waals surface area contributed by atoms with Crippen LogP contribution in [0, 0.1) is 17.8 Å². The lowest BCUT2D eigenvalue weighted by molar-refractivity contribution is 0.129. The molecule has 2 heterocycles. The molecule has 1 aromatic heterocycles. The Morgan fingerprint density at radius 3 is 2.77 bits per heavy atom. The monoisotopic (exact) mass is 352 g/mol. The molecule has 3 aliphatic rings. The Labute approximate surface area is 150 Å². The molecule has 1 aromatic carbocycles. The number of aliphatic hydroxyl groups is 1. The van der Waals surface area contributed by atoms with Crippen molar-refractivity contribution in [2.75, 3.05) is 18.1 Å². The third-order valence-corrected chi connectivity index (χ3v) is 5.74. The highest BCUT2D eigenvalue weighted by Crippen LogP contribution is 2.57. The number of benzene rings is 1. The largest absolute Gasteiger partial charge is 0.442 e. The molecule has 1 amide bonds. The van der Waals surface area contributed by atoms with Crippen molar-refractivity contribution >= 4 is 17.4 Å². The molecule has 1 saturated heterocycles. The Balaban J connectivity index is 1.26. The van der Waals surface area contributed by atoms with Crippen molar-refractivity contribution in [3.63, 3.8) is 0 Å². The quantitative estimate of drug-likeness (QED) is 0.889. The van der Waals surface area contributed by atoms with Crippen LogP contribution in [0.4, 0.5) is 10.5 Å². The first-order valence-corrected chi connectivity index (χ1v) is 8.97. The zero-order valence-electron chi connectivity index (χ0n) is 14.2. The molecule has 5 rings (SSSR count). The van der Waals surface area contributed by atoms with Crippen LogP contribution < -0.4 is 4.90 Å². The van der Waals surface area contributed by atoms with E-state index in [9.17, 15) is 9.90 Å². The van der Waals surface area contributed by atoms with E-state index >= 15 is 0 Å². The van der Waals surface area contributed by atoms with Gasteiger partial charge in [0.25, 0.3) is 0 Å². The third-order valence-electron chi connectivity index (χ3n) is 5.74. The second kappa shape index (κ2) is 5.95. The minimum absolute atomic E-state index is 0.232. The predicted octanol–water partition coefficient (Wildman–Crippen LogP) is 1.95. The number of hydrogen-bond acceptors (Lipinski definition) is 5. The molecule has 1 N–H and O–H groups in total. The summed E-state index contributed by atoms with van der Waals surface area (Å²) < 4.78 is 7.11. The van der Waals surface area contributed by atoms with Gasteiger partial charge in [-0.3, -0.25) is 4.90 Å². The van der Waals surface area contributed by atoms with E-state index in [1.807, 2.05) is 12.1 Å². The summed E-state index contributed by atoms with van der Waals surface area (Å²) in [6.45, 7) is 1.30. The fourth-order valence-corrected chi connectivity index (χ4v) is 4.26. The zero-order valence-corrected chi connectivity index (χ0v) is 14.2. The Kier molecular flexibility index (Phi) is 3.56. The van der Waals surface area contributed by atoms with Crippen molar-refractivity contribution in [2.45, 2.75) is 19.1 Å². The highest BCUT2D eigenvalue weighted by molar-refractivity contribution is 5.90. The number of anilines is 1. The number of hydrogen-bond donors (Lipinski definition) is 1. The molecular formula is C19H20N4O3. The van der Waals surface area contributed by atoms with Crippen LogP contribution in [0.1, 0.15) is 12.0 Å². The molecule has 3 unspecified atom stereocenters. The van der Waals surface area contributed by atoms with E-state index in [1.54, 1.807) is 22.0 Å². The van der Waals surface area contributed by atoms with Gasteiger partial charge in [0.2, 0.25) is 0 Å². The minimum atomic E-state index is -0.324. The van der Waals surface area contributed by atoms with E-state index in [4.69, 9.17) is 4.74 Å². The van der Waals surface area contributed by atoms with Gasteiger partial charge in [0.15, 0.2) is 0 Å². The number of nitrogens with zero attached hydrogens (tertiary/aromatic N) is 4. The standard InChI is InChI=1S/C19H20N4O3/c24-11-18-16-7-13(8-17(16)18)12-1-3-14(4-2-12)23-10-15(26-19(23)25)9-22-6-5-20-21-22/h1-7,15-18,24H,8-11H2/t15-,16?,17?,18?/m0/s1. The van der Waals surface area contributed by atoms with Crippen molar-refractivity contribution in [1.29, 1.82) is 0 Å².